The van der Waals surface area contributed by atoms with Crippen molar-refractivity contribution in [3.8, 4) is 0 Å². The molecule has 0 spiro atoms. The van der Waals surface area contributed by atoms with Gasteiger partial charge in [0.05, 0.1) is 35.6 Å². The molecule has 0 aliphatic carbocycles. The van der Waals surface area contributed by atoms with E-state index in [-0.39, 0.29) is 11.3 Å². The molecule has 5 heterocycles. The first kappa shape index (κ1) is 26.0. The lowest BCUT2D eigenvalue weighted by atomic mass is 9.96. The fourth-order valence-corrected chi connectivity index (χ4v) is 6.26. The Morgan fingerprint density at radius 1 is 1.16 bits per heavy atom. The van der Waals surface area contributed by atoms with Crippen molar-refractivity contribution >= 4 is 50.9 Å². The standard InChI is InChI=1S/C25H32ClN7O3S/c1-3-36-23(34)18-13-27-25(28-14-18)33-6-4-17(5-7-33)15-31(2)16-19-12-20-21(37-19)22(30-24(26)29-20)32-8-10-35-11-9-32/h12-14,17H,3-11,15-16H2,1-2H3. The SMILES string of the molecule is CCOC(=O)c1cnc(N2CCC(CN(C)Cc3cc4nc(Cl)nc(N5CCOCC5)c4s3)CC2)nc1. The summed E-state index contributed by atoms with van der Waals surface area (Å²) in [5, 5.41) is 0.290. The summed E-state index contributed by atoms with van der Waals surface area (Å²) in [6.07, 6.45) is 5.24. The number of esters is 1. The molecule has 37 heavy (non-hydrogen) atoms. The van der Waals surface area contributed by atoms with Gasteiger partial charge in [0.15, 0.2) is 5.82 Å². The number of aromatic nitrogens is 4. The van der Waals surface area contributed by atoms with Crippen molar-refractivity contribution in [2.45, 2.75) is 26.3 Å². The Hall–Kier alpha value is -2.60. The molecule has 0 N–H and O–H groups in total. The molecule has 5 rings (SSSR count). The topological polar surface area (TPSA) is 96.8 Å². The molecule has 3 aromatic heterocycles. The molecule has 0 radical (unpaired) electrons. The molecule has 2 saturated heterocycles. The number of rotatable bonds is 8. The highest BCUT2D eigenvalue weighted by Crippen LogP contribution is 2.34. The predicted molar refractivity (Wildman–Crippen MR) is 145 cm³/mol. The highest BCUT2D eigenvalue weighted by atomic mass is 35.5. The van der Waals surface area contributed by atoms with Crippen molar-refractivity contribution in [2.75, 3.05) is 69.4 Å². The smallest absolute Gasteiger partial charge is 0.341 e. The number of carbonyl (C=O) groups excluding carboxylic acids is 1. The molecule has 0 unspecified atom stereocenters. The number of nitrogens with zero attached hydrogens (tertiary/aromatic N) is 7. The van der Waals surface area contributed by atoms with Gasteiger partial charge >= 0.3 is 5.97 Å². The van der Waals surface area contributed by atoms with Crippen molar-refractivity contribution in [3.05, 3.63) is 34.2 Å². The first-order valence-electron chi connectivity index (χ1n) is 12.7. The highest BCUT2D eigenvalue weighted by Gasteiger charge is 2.24. The molecule has 0 aromatic carbocycles. The molecule has 0 amide bonds. The van der Waals surface area contributed by atoms with Gasteiger partial charge < -0.3 is 24.2 Å². The van der Waals surface area contributed by atoms with E-state index in [1.165, 1.54) is 4.88 Å². The lowest BCUT2D eigenvalue weighted by Gasteiger charge is -2.33. The fraction of sp³-hybridized carbons (Fsp3) is 0.560. The van der Waals surface area contributed by atoms with Gasteiger partial charge in [-0.1, -0.05) is 0 Å². The van der Waals surface area contributed by atoms with Crippen molar-refractivity contribution < 1.29 is 14.3 Å². The second-order valence-electron chi connectivity index (χ2n) is 9.46. The summed E-state index contributed by atoms with van der Waals surface area (Å²) in [4.78, 5) is 37.7. The van der Waals surface area contributed by atoms with Crippen LogP contribution < -0.4 is 9.80 Å². The number of ether oxygens (including phenoxy) is 2. The highest BCUT2D eigenvalue weighted by molar-refractivity contribution is 7.19. The molecule has 2 fully saturated rings. The van der Waals surface area contributed by atoms with Gasteiger partial charge in [-0.3, -0.25) is 0 Å². The average Bonchev–Trinajstić information content (AvgIpc) is 3.31. The van der Waals surface area contributed by atoms with E-state index in [1.807, 2.05) is 0 Å². The van der Waals surface area contributed by atoms with Gasteiger partial charge in [0.1, 0.15) is 0 Å². The predicted octanol–water partition coefficient (Wildman–Crippen LogP) is 3.50. The van der Waals surface area contributed by atoms with Crippen LogP contribution in [0.3, 0.4) is 0 Å². The fourth-order valence-electron chi connectivity index (χ4n) is 4.90. The van der Waals surface area contributed by atoms with Crippen LogP contribution in [0.1, 0.15) is 35.0 Å². The van der Waals surface area contributed by atoms with E-state index in [1.54, 1.807) is 30.7 Å². The van der Waals surface area contributed by atoms with Gasteiger partial charge in [-0.2, -0.15) is 4.98 Å². The van der Waals surface area contributed by atoms with Gasteiger partial charge in [0, 0.05) is 56.5 Å². The lowest BCUT2D eigenvalue weighted by Crippen LogP contribution is -2.38. The Morgan fingerprint density at radius 2 is 1.89 bits per heavy atom. The molecule has 0 bridgehead atoms. The molecule has 2 aliphatic rings. The van der Waals surface area contributed by atoms with Crippen LogP contribution in [-0.2, 0) is 16.0 Å². The van der Waals surface area contributed by atoms with E-state index in [9.17, 15) is 4.79 Å². The van der Waals surface area contributed by atoms with Crippen molar-refractivity contribution in [3.63, 3.8) is 0 Å². The van der Waals surface area contributed by atoms with Crippen LogP contribution in [0.5, 0.6) is 0 Å². The number of piperidine rings is 1. The largest absolute Gasteiger partial charge is 0.462 e. The van der Waals surface area contributed by atoms with Gasteiger partial charge in [0.25, 0.3) is 0 Å². The molecule has 2 aliphatic heterocycles. The Labute approximate surface area is 225 Å². The molecular weight excluding hydrogens is 514 g/mol. The van der Waals surface area contributed by atoms with E-state index in [2.05, 4.69) is 47.7 Å². The van der Waals surface area contributed by atoms with Crippen LogP contribution in [0.2, 0.25) is 5.28 Å². The zero-order valence-corrected chi connectivity index (χ0v) is 22.8. The van der Waals surface area contributed by atoms with Gasteiger partial charge in [0.2, 0.25) is 11.2 Å². The minimum absolute atomic E-state index is 0.290. The molecule has 0 saturated carbocycles. The van der Waals surface area contributed by atoms with Crippen LogP contribution in [0.4, 0.5) is 11.8 Å². The zero-order chi connectivity index (χ0) is 25.8. The van der Waals surface area contributed by atoms with Crippen LogP contribution in [-0.4, -0.2) is 90.4 Å². The Bertz CT molecular complexity index is 1210. The zero-order valence-electron chi connectivity index (χ0n) is 21.2. The average molecular weight is 546 g/mol. The summed E-state index contributed by atoms with van der Waals surface area (Å²) in [5.41, 5.74) is 1.30. The first-order chi connectivity index (χ1) is 18.0. The van der Waals surface area contributed by atoms with E-state index >= 15 is 0 Å². The number of hydrogen-bond donors (Lipinski definition) is 0. The third-order valence-corrected chi connectivity index (χ3v) is 8.00. The second kappa shape index (κ2) is 11.8. The second-order valence-corrected chi connectivity index (χ2v) is 10.9. The maximum Gasteiger partial charge on any atom is 0.341 e. The normalized spacial score (nSPS) is 17.1. The van der Waals surface area contributed by atoms with E-state index in [0.29, 0.717) is 37.3 Å². The van der Waals surface area contributed by atoms with E-state index < -0.39 is 0 Å². The lowest BCUT2D eigenvalue weighted by molar-refractivity contribution is 0.0525. The van der Waals surface area contributed by atoms with Gasteiger partial charge in [-0.25, -0.2) is 19.7 Å². The van der Waals surface area contributed by atoms with Crippen molar-refractivity contribution in [2.24, 2.45) is 5.92 Å². The molecule has 3 aromatic rings. The van der Waals surface area contributed by atoms with Gasteiger partial charge in [-0.05, 0) is 50.4 Å². The van der Waals surface area contributed by atoms with Crippen LogP contribution in [0, 0.1) is 5.92 Å². The number of hydrogen-bond acceptors (Lipinski definition) is 11. The summed E-state index contributed by atoms with van der Waals surface area (Å²) in [6.45, 7) is 8.83. The third-order valence-electron chi connectivity index (χ3n) is 6.73. The molecule has 12 heteroatoms. The molecular formula is C25H32ClN7O3S. The monoisotopic (exact) mass is 545 g/mol. The Balaban J connectivity index is 1.15. The maximum absolute atomic E-state index is 11.8. The maximum atomic E-state index is 11.8. The quantitative estimate of drug-likeness (QED) is 0.309. The minimum atomic E-state index is -0.387. The third kappa shape index (κ3) is 6.28. The summed E-state index contributed by atoms with van der Waals surface area (Å²) in [5.74, 6) is 1.80. The van der Waals surface area contributed by atoms with Crippen molar-refractivity contribution in [1.82, 2.24) is 24.8 Å². The number of anilines is 2. The number of thiophene rings is 1. The molecule has 0 atom stereocenters. The summed E-state index contributed by atoms with van der Waals surface area (Å²) in [6, 6.07) is 2.15. The first-order valence-corrected chi connectivity index (χ1v) is 13.9. The van der Waals surface area contributed by atoms with Crippen molar-refractivity contribution in [1.29, 1.82) is 0 Å². The number of morpholine rings is 1. The summed E-state index contributed by atoms with van der Waals surface area (Å²) < 4.78 is 11.6. The molecule has 10 nitrogen and oxygen atoms in total. The van der Waals surface area contributed by atoms with Gasteiger partial charge in [-0.15, -0.1) is 11.3 Å². The summed E-state index contributed by atoms with van der Waals surface area (Å²) >= 11 is 8.01. The minimum Gasteiger partial charge on any atom is -0.462 e. The van der Waals surface area contributed by atoms with E-state index in [4.69, 9.17) is 21.1 Å². The Morgan fingerprint density at radius 3 is 2.59 bits per heavy atom. The van der Waals surface area contributed by atoms with Crippen LogP contribution >= 0.6 is 22.9 Å². The number of carbonyl (C=O) groups is 1. The molecule has 198 valence electrons. The number of fused-ring (bicyclic) bond motifs is 1. The Kier molecular flexibility index (Phi) is 8.33. The number of halogens is 1. The summed E-state index contributed by atoms with van der Waals surface area (Å²) in [7, 11) is 2.18. The van der Waals surface area contributed by atoms with Crippen LogP contribution in [0.25, 0.3) is 10.2 Å². The van der Waals surface area contributed by atoms with E-state index in [0.717, 1.165) is 68.1 Å². The van der Waals surface area contributed by atoms with Crippen LogP contribution in [0.15, 0.2) is 18.5 Å².